The molecule has 3 aromatic carbocycles. The van der Waals surface area contributed by atoms with Crippen molar-refractivity contribution in [3.8, 4) is 0 Å². The summed E-state index contributed by atoms with van der Waals surface area (Å²) < 4.78 is 41.5. The Bertz CT molecular complexity index is 1290. The zero-order chi connectivity index (χ0) is 22.2. The van der Waals surface area contributed by atoms with Gasteiger partial charge >= 0.3 is 0 Å². The Balaban J connectivity index is 1.64. The maximum atomic E-state index is 13.4. The van der Waals surface area contributed by atoms with E-state index in [1.807, 2.05) is 19.1 Å². The quantitative estimate of drug-likeness (QED) is 0.587. The number of para-hydroxylation sites is 1. The fraction of sp³-hybridized carbons (Fsp3) is 0.136. The van der Waals surface area contributed by atoms with E-state index in [4.69, 9.17) is 0 Å². The number of carbonyl (C=O) groups excluding carboxylic acids is 1. The van der Waals surface area contributed by atoms with Crippen molar-refractivity contribution in [1.29, 1.82) is 0 Å². The number of halogens is 1. The molecule has 0 saturated heterocycles. The monoisotopic (exact) mass is 439 g/mol. The van der Waals surface area contributed by atoms with Gasteiger partial charge < -0.3 is 5.32 Å². The molecule has 1 atom stereocenters. The number of hydrogen-bond acceptors (Lipinski definition) is 5. The van der Waals surface area contributed by atoms with Crippen LogP contribution in [0.5, 0.6) is 0 Å². The molecular weight excluding hydrogens is 421 g/mol. The number of nitrogens with zero attached hydrogens (tertiary/aromatic N) is 2. The molecule has 0 aromatic heterocycles. The minimum absolute atomic E-state index is 0.0157. The molecule has 1 aliphatic rings. The van der Waals surface area contributed by atoms with Crippen LogP contribution in [-0.2, 0) is 16.4 Å². The number of benzene rings is 3. The fourth-order valence-corrected chi connectivity index (χ4v) is 5.42. The van der Waals surface area contributed by atoms with Gasteiger partial charge in [-0.15, -0.1) is 4.91 Å². The molecule has 0 radical (unpaired) electrons. The average molecular weight is 439 g/mol. The lowest BCUT2D eigenvalue weighted by atomic mass is 10.1. The molecular formula is C22H18FN3O4S. The lowest BCUT2D eigenvalue weighted by Gasteiger charge is -2.24. The summed E-state index contributed by atoms with van der Waals surface area (Å²) in [6, 6.07) is 16.1. The van der Waals surface area contributed by atoms with Crippen molar-refractivity contribution >= 4 is 33.0 Å². The van der Waals surface area contributed by atoms with Crippen LogP contribution in [0, 0.1) is 10.7 Å². The van der Waals surface area contributed by atoms with Crippen LogP contribution in [0.1, 0.15) is 22.8 Å². The van der Waals surface area contributed by atoms with Crippen molar-refractivity contribution in [3.05, 3.63) is 88.6 Å². The highest BCUT2D eigenvalue weighted by Gasteiger charge is 2.36. The van der Waals surface area contributed by atoms with Crippen LogP contribution < -0.4 is 9.62 Å². The second-order valence-electron chi connectivity index (χ2n) is 7.22. The van der Waals surface area contributed by atoms with E-state index < -0.39 is 27.4 Å². The van der Waals surface area contributed by atoms with Crippen molar-refractivity contribution < 1.29 is 17.6 Å². The Labute approximate surface area is 178 Å². The largest absolute Gasteiger partial charge is 0.322 e. The van der Waals surface area contributed by atoms with Crippen molar-refractivity contribution in [2.45, 2.75) is 24.3 Å². The molecule has 7 nitrogen and oxygen atoms in total. The maximum absolute atomic E-state index is 13.4. The van der Waals surface area contributed by atoms with E-state index >= 15 is 0 Å². The van der Waals surface area contributed by atoms with Crippen molar-refractivity contribution in [2.24, 2.45) is 5.18 Å². The van der Waals surface area contributed by atoms with Crippen LogP contribution in [0.3, 0.4) is 0 Å². The van der Waals surface area contributed by atoms with Crippen LogP contribution in [0.15, 0.2) is 76.8 Å². The molecule has 31 heavy (non-hydrogen) atoms. The molecule has 3 aromatic rings. The predicted molar refractivity (Wildman–Crippen MR) is 116 cm³/mol. The molecule has 158 valence electrons. The molecule has 0 aliphatic carbocycles. The number of rotatable bonds is 5. The SMILES string of the molecule is CC1Cc2ccccc2N1S(=O)(=O)c1cccc(C(=O)Nc2ccc(F)c(N=O)c2)c1. The van der Waals surface area contributed by atoms with Gasteiger partial charge in [0.2, 0.25) is 0 Å². The predicted octanol–water partition coefficient (Wildman–Crippen LogP) is 4.62. The molecule has 0 fully saturated rings. The average Bonchev–Trinajstić information content (AvgIpc) is 3.11. The molecule has 1 unspecified atom stereocenters. The van der Waals surface area contributed by atoms with Crippen LogP contribution >= 0.6 is 0 Å². The fourth-order valence-electron chi connectivity index (χ4n) is 3.68. The number of anilines is 2. The third-order valence-electron chi connectivity index (χ3n) is 5.10. The smallest absolute Gasteiger partial charge is 0.264 e. The number of sulfonamides is 1. The lowest BCUT2D eigenvalue weighted by molar-refractivity contribution is 0.102. The highest BCUT2D eigenvalue weighted by Crippen LogP contribution is 2.36. The Morgan fingerprint density at radius 1 is 1.10 bits per heavy atom. The van der Waals surface area contributed by atoms with Gasteiger partial charge in [0.05, 0.1) is 10.6 Å². The minimum Gasteiger partial charge on any atom is -0.322 e. The molecule has 0 saturated carbocycles. The maximum Gasteiger partial charge on any atom is 0.264 e. The second-order valence-corrected chi connectivity index (χ2v) is 9.04. The Morgan fingerprint density at radius 2 is 1.87 bits per heavy atom. The van der Waals surface area contributed by atoms with Gasteiger partial charge in [-0.05, 0) is 66.5 Å². The minimum atomic E-state index is -3.90. The van der Waals surface area contributed by atoms with E-state index in [0.717, 1.165) is 17.7 Å². The van der Waals surface area contributed by atoms with Crippen LogP contribution in [-0.4, -0.2) is 20.4 Å². The summed E-state index contributed by atoms with van der Waals surface area (Å²) >= 11 is 0. The van der Waals surface area contributed by atoms with Gasteiger partial charge in [0.15, 0.2) is 5.82 Å². The number of nitroso groups, excluding NO2 is 1. The van der Waals surface area contributed by atoms with Crippen LogP contribution in [0.2, 0.25) is 0 Å². The molecule has 0 spiro atoms. The summed E-state index contributed by atoms with van der Waals surface area (Å²) in [5.74, 6) is -1.41. The van der Waals surface area contributed by atoms with E-state index in [2.05, 4.69) is 10.5 Å². The summed E-state index contributed by atoms with van der Waals surface area (Å²) in [5.41, 5.74) is 1.41. The molecule has 1 aliphatic heterocycles. The molecule has 9 heteroatoms. The van der Waals surface area contributed by atoms with Gasteiger partial charge in [0.25, 0.3) is 15.9 Å². The molecule has 1 heterocycles. The number of amides is 1. The van der Waals surface area contributed by atoms with E-state index in [0.29, 0.717) is 12.1 Å². The third-order valence-corrected chi connectivity index (χ3v) is 7.02. The number of hydrogen-bond donors (Lipinski definition) is 1. The normalized spacial score (nSPS) is 15.4. The van der Waals surface area contributed by atoms with Gasteiger partial charge in [0, 0.05) is 17.3 Å². The highest BCUT2D eigenvalue weighted by molar-refractivity contribution is 7.92. The first-order valence-electron chi connectivity index (χ1n) is 9.48. The Morgan fingerprint density at radius 3 is 2.65 bits per heavy atom. The van der Waals surface area contributed by atoms with Gasteiger partial charge in [-0.25, -0.2) is 12.8 Å². The zero-order valence-electron chi connectivity index (χ0n) is 16.4. The topological polar surface area (TPSA) is 95.9 Å². The van der Waals surface area contributed by atoms with Crippen LogP contribution in [0.25, 0.3) is 0 Å². The molecule has 0 bridgehead atoms. The second kappa shape index (κ2) is 7.92. The summed E-state index contributed by atoms with van der Waals surface area (Å²) in [7, 11) is -3.90. The number of carbonyl (C=O) groups is 1. The summed E-state index contributed by atoms with van der Waals surface area (Å²) in [4.78, 5) is 23.3. The third kappa shape index (κ3) is 3.79. The Hall–Kier alpha value is -3.59. The molecule has 1 N–H and O–H groups in total. The summed E-state index contributed by atoms with van der Waals surface area (Å²) in [5, 5.41) is 5.09. The Kier molecular flexibility index (Phi) is 5.28. The van der Waals surface area contributed by atoms with Crippen molar-refractivity contribution in [2.75, 3.05) is 9.62 Å². The van der Waals surface area contributed by atoms with Gasteiger partial charge in [-0.3, -0.25) is 9.10 Å². The number of fused-ring (bicyclic) bond motifs is 1. The van der Waals surface area contributed by atoms with Gasteiger partial charge in [0.1, 0.15) is 5.69 Å². The highest BCUT2D eigenvalue weighted by atomic mass is 32.2. The first-order valence-corrected chi connectivity index (χ1v) is 10.9. The van der Waals surface area contributed by atoms with Gasteiger partial charge in [-0.2, -0.15) is 0 Å². The summed E-state index contributed by atoms with van der Waals surface area (Å²) in [6.07, 6.45) is 0.604. The van der Waals surface area contributed by atoms with Crippen molar-refractivity contribution in [3.63, 3.8) is 0 Å². The summed E-state index contributed by atoms with van der Waals surface area (Å²) in [6.45, 7) is 1.83. The first kappa shape index (κ1) is 20.7. The molecule has 4 rings (SSSR count). The zero-order valence-corrected chi connectivity index (χ0v) is 17.3. The molecule has 1 amide bonds. The van der Waals surface area contributed by atoms with E-state index in [-0.39, 0.29) is 22.2 Å². The van der Waals surface area contributed by atoms with Crippen LogP contribution in [0.4, 0.5) is 21.5 Å². The number of nitrogens with one attached hydrogen (secondary N) is 1. The van der Waals surface area contributed by atoms with Gasteiger partial charge in [-0.1, -0.05) is 24.3 Å². The standard InChI is InChI=1S/C22H18FN3O4S/c1-14-11-15-5-2-3-8-21(15)26(14)31(29,30)18-7-4-6-16(12-18)22(27)24-17-9-10-19(23)20(13-17)25-28/h2-10,12-14H,11H2,1H3,(H,24,27). The first-order chi connectivity index (χ1) is 14.8. The van der Waals surface area contributed by atoms with E-state index in [9.17, 15) is 22.5 Å². The van der Waals surface area contributed by atoms with Crippen molar-refractivity contribution in [1.82, 2.24) is 0 Å². The van der Waals surface area contributed by atoms with E-state index in [1.54, 1.807) is 12.1 Å². The lowest BCUT2D eigenvalue weighted by Crippen LogP contribution is -2.35. The van der Waals surface area contributed by atoms with E-state index in [1.165, 1.54) is 34.6 Å².